The van der Waals surface area contributed by atoms with Crippen molar-refractivity contribution in [3.8, 4) is 0 Å². The second-order valence-corrected chi connectivity index (χ2v) is 4.21. The lowest BCUT2D eigenvalue weighted by Gasteiger charge is -2.35. The fourth-order valence-electron chi connectivity index (χ4n) is 2.70. The molecule has 1 N–H and O–H groups in total. The van der Waals surface area contributed by atoms with E-state index in [1.165, 1.54) is 30.6 Å². The van der Waals surface area contributed by atoms with Gasteiger partial charge in [-0.1, -0.05) is 6.07 Å². The van der Waals surface area contributed by atoms with Crippen molar-refractivity contribution in [1.29, 1.82) is 0 Å². The standard InChI is InChI=1S/C11H14N2/c1-2-9-4-8-5-10(7-12-6-8)11(9)13-3-1/h1-3,8,10,12H,4-7H2/t8-,10?/m1/s1. The first-order valence-electron chi connectivity index (χ1n) is 5.08. The average molecular weight is 174 g/mol. The quantitative estimate of drug-likeness (QED) is 0.642. The molecule has 0 radical (unpaired) electrons. The first-order chi connectivity index (χ1) is 6.43. The summed E-state index contributed by atoms with van der Waals surface area (Å²) in [7, 11) is 0. The van der Waals surface area contributed by atoms with Crippen LogP contribution in [0.25, 0.3) is 0 Å². The van der Waals surface area contributed by atoms with Gasteiger partial charge in [0.1, 0.15) is 0 Å². The fourth-order valence-corrected chi connectivity index (χ4v) is 2.70. The summed E-state index contributed by atoms with van der Waals surface area (Å²) in [4.78, 5) is 4.50. The van der Waals surface area contributed by atoms with Gasteiger partial charge in [0, 0.05) is 24.4 Å². The van der Waals surface area contributed by atoms with Gasteiger partial charge >= 0.3 is 0 Å². The number of nitrogens with one attached hydrogen (secondary N) is 1. The molecular weight excluding hydrogens is 160 g/mol. The van der Waals surface area contributed by atoms with Crippen LogP contribution in [-0.2, 0) is 6.42 Å². The summed E-state index contributed by atoms with van der Waals surface area (Å²) >= 11 is 0. The molecule has 1 unspecified atom stereocenters. The van der Waals surface area contributed by atoms with Crippen LogP contribution in [0.3, 0.4) is 0 Å². The van der Waals surface area contributed by atoms with Gasteiger partial charge in [-0.3, -0.25) is 4.98 Å². The molecule has 2 aliphatic rings. The van der Waals surface area contributed by atoms with Crippen LogP contribution in [0.1, 0.15) is 23.6 Å². The highest BCUT2D eigenvalue weighted by atomic mass is 14.9. The Bertz CT molecular complexity index is 322. The maximum Gasteiger partial charge on any atom is 0.0479 e. The van der Waals surface area contributed by atoms with Crippen LogP contribution in [0.2, 0.25) is 0 Å². The molecule has 1 saturated heterocycles. The maximum absolute atomic E-state index is 4.50. The van der Waals surface area contributed by atoms with Gasteiger partial charge in [0.15, 0.2) is 0 Å². The van der Waals surface area contributed by atoms with E-state index < -0.39 is 0 Å². The number of hydrogen-bond acceptors (Lipinski definition) is 2. The van der Waals surface area contributed by atoms with Gasteiger partial charge in [-0.15, -0.1) is 0 Å². The molecule has 1 fully saturated rings. The lowest BCUT2D eigenvalue weighted by Crippen LogP contribution is -2.39. The Morgan fingerprint density at radius 3 is 3.38 bits per heavy atom. The molecule has 2 heteroatoms. The van der Waals surface area contributed by atoms with E-state index in [1.807, 2.05) is 6.20 Å². The number of fused-ring (bicyclic) bond motifs is 4. The predicted octanol–water partition coefficient (Wildman–Crippen LogP) is 1.33. The van der Waals surface area contributed by atoms with Crippen molar-refractivity contribution in [2.45, 2.75) is 18.8 Å². The Morgan fingerprint density at radius 2 is 2.38 bits per heavy atom. The topological polar surface area (TPSA) is 24.9 Å². The molecule has 68 valence electrons. The minimum atomic E-state index is 0.684. The highest BCUT2D eigenvalue weighted by Crippen LogP contribution is 2.34. The van der Waals surface area contributed by atoms with Crippen molar-refractivity contribution < 1.29 is 0 Å². The first-order valence-corrected chi connectivity index (χ1v) is 5.08. The molecule has 2 heterocycles. The Balaban J connectivity index is 2.06. The van der Waals surface area contributed by atoms with E-state index in [-0.39, 0.29) is 0 Å². The van der Waals surface area contributed by atoms with Crippen LogP contribution in [0.4, 0.5) is 0 Å². The summed E-state index contributed by atoms with van der Waals surface area (Å²) < 4.78 is 0. The van der Waals surface area contributed by atoms with Crippen LogP contribution in [0.15, 0.2) is 18.3 Å². The molecule has 0 amide bonds. The molecule has 1 aliphatic heterocycles. The van der Waals surface area contributed by atoms with E-state index >= 15 is 0 Å². The molecule has 1 aromatic rings. The zero-order valence-corrected chi connectivity index (χ0v) is 7.66. The normalized spacial score (nSPS) is 31.1. The third-order valence-electron chi connectivity index (χ3n) is 3.26. The van der Waals surface area contributed by atoms with Crippen LogP contribution >= 0.6 is 0 Å². The summed E-state index contributed by atoms with van der Waals surface area (Å²) in [6.07, 6.45) is 4.50. The fraction of sp³-hybridized carbons (Fsp3) is 0.545. The van der Waals surface area contributed by atoms with Gasteiger partial charge in [0.2, 0.25) is 0 Å². The Hall–Kier alpha value is -0.890. The van der Waals surface area contributed by atoms with E-state index in [0.29, 0.717) is 5.92 Å². The third kappa shape index (κ3) is 1.17. The van der Waals surface area contributed by atoms with E-state index in [0.717, 1.165) is 12.5 Å². The van der Waals surface area contributed by atoms with Gasteiger partial charge in [0.05, 0.1) is 0 Å². The number of pyridine rings is 1. The molecule has 2 bridgehead atoms. The third-order valence-corrected chi connectivity index (χ3v) is 3.26. The monoisotopic (exact) mass is 174 g/mol. The van der Waals surface area contributed by atoms with Crippen LogP contribution in [0.5, 0.6) is 0 Å². The summed E-state index contributed by atoms with van der Waals surface area (Å²) in [6, 6.07) is 4.31. The lowest BCUT2D eigenvalue weighted by molar-refractivity contribution is 0.313. The van der Waals surface area contributed by atoms with Gasteiger partial charge in [-0.25, -0.2) is 0 Å². The lowest BCUT2D eigenvalue weighted by atomic mass is 9.77. The molecule has 13 heavy (non-hydrogen) atoms. The summed E-state index contributed by atoms with van der Waals surface area (Å²) in [5, 5.41) is 3.49. The molecule has 2 nitrogen and oxygen atoms in total. The second-order valence-electron chi connectivity index (χ2n) is 4.21. The summed E-state index contributed by atoms with van der Waals surface area (Å²) in [6.45, 7) is 2.32. The molecule has 1 aliphatic carbocycles. The van der Waals surface area contributed by atoms with Gasteiger partial charge in [-0.05, 0) is 36.9 Å². The van der Waals surface area contributed by atoms with Crippen molar-refractivity contribution in [2.75, 3.05) is 13.1 Å². The maximum atomic E-state index is 4.50. The summed E-state index contributed by atoms with van der Waals surface area (Å²) in [5.41, 5.74) is 2.84. The van der Waals surface area contributed by atoms with E-state index in [1.54, 1.807) is 0 Å². The minimum Gasteiger partial charge on any atom is -0.316 e. The van der Waals surface area contributed by atoms with Crippen molar-refractivity contribution in [2.24, 2.45) is 5.92 Å². The highest BCUT2D eigenvalue weighted by Gasteiger charge is 2.30. The molecule has 3 rings (SSSR count). The van der Waals surface area contributed by atoms with Gasteiger partial charge < -0.3 is 5.32 Å². The molecule has 0 spiro atoms. The van der Waals surface area contributed by atoms with Crippen molar-refractivity contribution in [1.82, 2.24) is 10.3 Å². The Kier molecular flexibility index (Phi) is 1.62. The van der Waals surface area contributed by atoms with Gasteiger partial charge in [-0.2, -0.15) is 0 Å². The number of aromatic nitrogens is 1. The van der Waals surface area contributed by atoms with Crippen molar-refractivity contribution in [3.05, 3.63) is 29.6 Å². The number of piperidine rings is 1. The van der Waals surface area contributed by atoms with E-state index in [4.69, 9.17) is 0 Å². The highest BCUT2D eigenvalue weighted by molar-refractivity contribution is 5.28. The number of rotatable bonds is 0. The second kappa shape index (κ2) is 2.81. The van der Waals surface area contributed by atoms with E-state index in [2.05, 4.69) is 22.4 Å². The van der Waals surface area contributed by atoms with Gasteiger partial charge in [0.25, 0.3) is 0 Å². The first kappa shape index (κ1) is 7.51. The molecule has 0 aromatic carbocycles. The zero-order chi connectivity index (χ0) is 8.67. The van der Waals surface area contributed by atoms with E-state index in [9.17, 15) is 0 Å². The van der Waals surface area contributed by atoms with Crippen LogP contribution in [0, 0.1) is 5.92 Å². The SMILES string of the molecule is c1cnc2c(c1)C[C@H]1CNCC2C1. The zero-order valence-electron chi connectivity index (χ0n) is 7.66. The largest absolute Gasteiger partial charge is 0.316 e. The van der Waals surface area contributed by atoms with Crippen molar-refractivity contribution in [3.63, 3.8) is 0 Å². The smallest absolute Gasteiger partial charge is 0.0479 e. The predicted molar refractivity (Wildman–Crippen MR) is 51.7 cm³/mol. The minimum absolute atomic E-state index is 0.684. The molecule has 0 saturated carbocycles. The average Bonchev–Trinajstić information content (AvgIpc) is 2.18. The molecular formula is C11H14N2. The Labute approximate surface area is 78.4 Å². The molecule has 2 atom stereocenters. The van der Waals surface area contributed by atoms with Crippen molar-refractivity contribution >= 4 is 0 Å². The Morgan fingerprint density at radius 1 is 1.38 bits per heavy atom. The van der Waals surface area contributed by atoms with Crippen LogP contribution < -0.4 is 5.32 Å². The number of nitrogens with zero attached hydrogens (tertiary/aromatic N) is 1. The number of hydrogen-bond donors (Lipinski definition) is 1. The molecule has 1 aromatic heterocycles. The van der Waals surface area contributed by atoms with Crippen LogP contribution in [-0.4, -0.2) is 18.1 Å². The summed E-state index contributed by atoms with van der Waals surface area (Å²) in [5.74, 6) is 1.54.